The molecular formula is C14H18BrNO4S. The van der Waals surface area contributed by atoms with E-state index in [2.05, 4.69) is 21.2 Å². The van der Waals surface area contributed by atoms with Crippen molar-refractivity contribution in [3.8, 4) is 0 Å². The number of hydrogen-bond donors (Lipinski definition) is 2. The van der Waals surface area contributed by atoms with Crippen molar-refractivity contribution in [1.29, 1.82) is 0 Å². The lowest BCUT2D eigenvalue weighted by atomic mass is 10.2. The fraction of sp³-hybridized carbons (Fsp3) is 0.429. The highest BCUT2D eigenvalue weighted by molar-refractivity contribution is 9.10. The monoisotopic (exact) mass is 375 g/mol. The van der Waals surface area contributed by atoms with Crippen LogP contribution in [0, 0.1) is 0 Å². The van der Waals surface area contributed by atoms with E-state index in [1.807, 2.05) is 6.92 Å². The van der Waals surface area contributed by atoms with Crippen LogP contribution in [0.5, 0.6) is 0 Å². The molecule has 21 heavy (non-hydrogen) atoms. The first-order valence-electron chi connectivity index (χ1n) is 6.59. The summed E-state index contributed by atoms with van der Waals surface area (Å²) in [5, 5.41) is 11.0. The molecule has 1 aromatic carbocycles. The number of nitrogens with one attached hydrogen (secondary N) is 1. The normalized spacial score (nSPS) is 13.5. The van der Waals surface area contributed by atoms with Crippen LogP contribution in [-0.2, 0) is 15.6 Å². The zero-order valence-electron chi connectivity index (χ0n) is 11.9. The van der Waals surface area contributed by atoms with Crippen LogP contribution in [0.1, 0.15) is 37.0 Å². The van der Waals surface area contributed by atoms with E-state index in [1.165, 1.54) is 12.1 Å². The second-order valence-electron chi connectivity index (χ2n) is 4.53. The van der Waals surface area contributed by atoms with Crippen LogP contribution in [0.3, 0.4) is 0 Å². The molecular weight excluding hydrogens is 358 g/mol. The number of rotatable bonds is 7. The second-order valence-corrected chi connectivity index (χ2v) is 7.16. The SMILES string of the molecule is CCCCNC(=O)C(C)S(=O)c1ccc(Br)c(C(=O)O)c1. The van der Waals surface area contributed by atoms with Crippen LogP contribution in [-0.4, -0.2) is 33.0 Å². The van der Waals surface area contributed by atoms with Gasteiger partial charge in [-0.2, -0.15) is 0 Å². The number of carboxylic acid groups (broad SMARTS) is 1. The highest BCUT2D eigenvalue weighted by Gasteiger charge is 2.22. The van der Waals surface area contributed by atoms with Crippen LogP contribution in [0.4, 0.5) is 0 Å². The van der Waals surface area contributed by atoms with E-state index < -0.39 is 22.0 Å². The van der Waals surface area contributed by atoms with E-state index in [9.17, 15) is 13.8 Å². The first-order chi connectivity index (χ1) is 9.88. The Hall–Kier alpha value is -1.21. The summed E-state index contributed by atoms with van der Waals surface area (Å²) < 4.78 is 12.8. The van der Waals surface area contributed by atoms with E-state index in [1.54, 1.807) is 13.0 Å². The average molecular weight is 376 g/mol. The van der Waals surface area contributed by atoms with E-state index in [0.717, 1.165) is 12.8 Å². The zero-order valence-corrected chi connectivity index (χ0v) is 14.3. The molecule has 1 aromatic rings. The Balaban J connectivity index is 2.85. The second kappa shape index (κ2) is 8.29. The Bertz CT molecular complexity index is 562. The van der Waals surface area contributed by atoms with E-state index in [4.69, 9.17) is 5.11 Å². The Kier molecular flexibility index (Phi) is 7.04. The van der Waals surface area contributed by atoms with Gasteiger partial charge in [0.25, 0.3) is 0 Å². The lowest BCUT2D eigenvalue weighted by Gasteiger charge is -2.12. The number of aromatic carboxylic acids is 1. The average Bonchev–Trinajstić information content (AvgIpc) is 2.46. The van der Waals surface area contributed by atoms with E-state index in [0.29, 0.717) is 15.9 Å². The van der Waals surface area contributed by atoms with Crippen LogP contribution in [0.15, 0.2) is 27.6 Å². The fourth-order valence-corrected chi connectivity index (χ4v) is 3.17. The number of hydrogen-bond acceptors (Lipinski definition) is 3. The molecule has 1 amide bonds. The van der Waals surface area contributed by atoms with Gasteiger partial charge < -0.3 is 10.4 Å². The molecule has 5 nitrogen and oxygen atoms in total. The number of amides is 1. The molecule has 116 valence electrons. The minimum atomic E-state index is -1.59. The molecule has 0 aliphatic heterocycles. The molecule has 2 unspecified atom stereocenters. The first-order valence-corrected chi connectivity index (χ1v) is 8.60. The molecule has 7 heteroatoms. The number of carbonyl (C=O) groups is 2. The Morgan fingerprint density at radius 2 is 2.10 bits per heavy atom. The molecule has 1 rings (SSSR count). The molecule has 2 atom stereocenters. The number of unbranched alkanes of at least 4 members (excludes halogenated alkanes) is 1. The molecule has 0 saturated carbocycles. The molecule has 0 aliphatic carbocycles. The highest BCUT2D eigenvalue weighted by atomic mass is 79.9. The summed E-state index contributed by atoms with van der Waals surface area (Å²) >= 11 is 3.13. The van der Waals surface area contributed by atoms with Crippen LogP contribution >= 0.6 is 15.9 Å². The molecule has 0 radical (unpaired) electrons. The summed E-state index contributed by atoms with van der Waals surface area (Å²) in [6.45, 7) is 4.14. The van der Waals surface area contributed by atoms with Gasteiger partial charge in [0.1, 0.15) is 5.25 Å². The Morgan fingerprint density at radius 3 is 2.67 bits per heavy atom. The van der Waals surface area contributed by atoms with Gasteiger partial charge in [-0.25, -0.2) is 4.79 Å². The molecule has 0 saturated heterocycles. The summed E-state index contributed by atoms with van der Waals surface area (Å²) in [4.78, 5) is 23.3. The van der Waals surface area contributed by atoms with Gasteiger partial charge in [-0.05, 0) is 47.5 Å². The summed E-state index contributed by atoms with van der Waals surface area (Å²) in [5.74, 6) is -1.40. The van der Waals surface area contributed by atoms with Gasteiger partial charge in [-0.15, -0.1) is 0 Å². The molecule has 0 aliphatic rings. The lowest BCUT2D eigenvalue weighted by Crippen LogP contribution is -2.36. The molecule has 0 fully saturated rings. The van der Waals surface area contributed by atoms with Crippen molar-refractivity contribution < 1.29 is 18.9 Å². The standard InChI is InChI=1S/C14H18BrNO4S/c1-3-4-7-16-13(17)9(2)21(20)10-5-6-12(15)11(8-10)14(18)19/h5-6,8-9H,3-4,7H2,1-2H3,(H,16,17)(H,18,19). The summed E-state index contributed by atoms with van der Waals surface area (Å²) in [6, 6.07) is 4.42. The minimum Gasteiger partial charge on any atom is -0.478 e. The maximum atomic E-state index is 12.3. The molecule has 2 N–H and O–H groups in total. The Morgan fingerprint density at radius 1 is 1.43 bits per heavy atom. The van der Waals surface area contributed by atoms with Crippen molar-refractivity contribution in [2.24, 2.45) is 0 Å². The maximum absolute atomic E-state index is 12.3. The van der Waals surface area contributed by atoms with Crippen molar-refractivity contribution in [2.75, 3.05) is 6.54 Å². The van der Waals surface area contributed by atoms with Crippen molar-refractivity contribution in [1.82, 2.24) is 5.32 Å². The third-order valence-electron chi connectivity index (χ3n) is 2.92. The number of carboxylic acids is 1. The van der Waals surface area contributed by atoms with Gasteiger partial charge in [-0.3, -0.25) is 9.00 Å². The summed E-state index contributed by atoms with van der Waals surface area (Å²) in [7, 11) is -1.59. The predicted octanol–water partition coefficient (Wildman–Crippen LogP) is 2.56. The quantitative estimate of drug-likeness (QED) is 0.717. The van der Waals surface area contributed by atoms with Crippen LogP contribution in [0.25, 0.3) is 0 Å². The number of benzene rings is 1. The molecule has 0 spiro atoms. The van der Waals surface area contributed by atoms with Gasteiger partial charge >= 0.3 is 5.97 Å². The third-order valence-corrected chi connectivity index (χ3v) is 5.19. The maximum Gasteiger partial charge on any atom is 0.336 e. The molecule has 0 aromatic heterocycles. The van der Waals surface area contributed by atoms with Gasteiger partial charge in [0, 0.05) is 15.9 Å². The number of carbonyl (C=O) groups excluding carboxylic acids is 1. The van der Waals surface area contributed by atoms with Gasteiger partial charge in [-0.1, -0.05) is 13.3 Å². The predicted molar refractivity (Wildman–Crippen MR) is 84.9 cm³/mol. The topological polar surface area (TPSA) is 83.5 Å². The summed E-state index contributed by atoms with van der Waals surface area (Å²) in [5.41, 5.74) is 0.0273. The first kappa shape index (κ1) is 17.8. The van der Waals surface area contributed by atoms with Gasteiger partial charge in [0.2, 0.25) is 5.91 Å². The van der Waals surface area contributed by atoms with Gasteiger partial charge in [0.15, 0.2) is 0 Å². The van der Waals surface area contributed by atoms with Crippen LogP contribution < -0.4 is 5.32 Å². The Labute approximate surface area is 134 Å². The van der Waals surface area contributed by atoms with E-state index in [-0.39, 0.29) is 11.5 Å². The van der Waals surface area contributed by atoms with Crippen molar-refractivity contribution in [3.05, 3.63) is 28.2 Å². The zero-order chi connectivity index (χ0) is 16.0. The van der Waals surface area contributed by atoms with Crippen molar-refractivity contribution in [3.63, 3.8) is 0 Å². The highest BCUT2D eigenvalue weighted by Crippen LogP contribution is 2.21. The van der Waals surface area contributed by atoms with E-state index >= 15 is 0 Å². The van der Waals surface area contributed by atoms with Crippen LogP contribution in [0.2, 0.25) is 0 Å². The molecule has 0 heterocycles. The largest absolute Gasteiger partial charge is 0.478 e. The number of halogens is 1. The smallest absolute Gasteiger partial charge is 0.336 e. The van der Waals surface area contributed by atoms with Gasteiger partial charge in [0.05, 0.1) is 16.4 Å². The minimum absolute atomic E-state index is 0.0273. The van der Waals surface area contributed by atoms with Crippen molar-refractivity contribution >= 4 is 38.6 Å². The fourth-order valence-electron chi connectivity index (χ4n) is 1.63. The summed E-state index contributed by atoms with van der Waals surface area (Å²) in [6.07, 6.45) is 1.83. The van der Waals surface area contributed by atoms with Crippen molar-refractivity contribution in [2.45, 2.75) is 36.8 Å². The third kappa shape index (κ3) is 4.93. The lowest BCUT2D eigenvalue weighted by molar-refractivity contribution is -0.120. The molecule has 0 bridgehead atoms.